The summed E-state index contributed by atoms with van der Waals surface area (Å²) in [5.41, 5.74) is 7.34. The van der Waals surface area contributed by atoms with Gasteiger partial charge in [0.1, 0.15) is 5.54 Å². The molecule has 1 aliphatic heterocycles. The summed E-state index contributed by atoms with van der Waals surface area (Å²) in [5.74, 6) is -0.293. The minimum Gasteiger partial charge on any atom is -0.480 e. The van der Waals surface area contributed by atoms with Gasteiger partial charge in [-0.2, -0.15) is 0 Å². The molecule has 2 unspecified atom stereocenters. The van der Waals surface area contributed by atoms with Gasteiger partial charge in [-0.05, 0) is 43.7 Å². The van der Waals surface area contributed by atoms with Crippen LogP contribution in [0.1, 0.15) is 32.3 Å². The van der Waals surface area contributed by atoms with E-state index in [1.165, 1.54) is 11.3 Å². The summed E-state index contributed by atoms with van der Waals surface area (Å²) in [6, 6.07) is 8.48. The third-order valence-corrected chi connectivity index (χ3v) is 4.05. The molecule has 0 fully saturated rings. The molecule has 3 N–H and O–H groups in total. The molecule has 2 atom stereocenters. The van der Waals surface area contributed by atoms with Gasteiger partial charge in [0.15, 0.2) is 0 Å². The van der Waals surface area contributed by atoms with Crippen LogP contribution in [0.2, 0.25) is 0 Å². The highest BCUT2D eigenvalue weighted by Gasteiger charge is 2.28. The van der Waals surface area contributed by atoms with E-state index in [9.17, 15) is 4.79 Å². The highest BCUT2D eigenvalue weighted by molar-refractivity contribution is 5.77. The molecule has 0 saturated carbocycles. The van der Waals surface area contributed by atoms with E-state index >= 15 is 0 Å². The lowest BCUT2D eigenvalue weighted by Crippen LogP contribution is -2.45. The fourth-order valence-electron chi connectivity index (χ4n) is 2.86. The first-order valence-corrected chi connectivity index (χ1v) is 7.25. The molecule has 2 rings (SSSR count). The van der Waals surface area contributed by atoms with Crippen molar-refractivity contribution in [3.05, 3.63) is 29.8 Å². The van der Waals surface area contributed by atoms with Crippen molar-refractivity contribution in [3.8, 4) is 0 Å². The van der Waals surface area contributed by atoms with Crippen molar-refractivity contribution in [3.63, 3.8) is 0 Å². The Hall–Kier alpha value is -1.55. The largest absolute Gasteiger partial charge is 0.480 e. The highest BCUT2D eigenvalue weighted by atomic mass is 16.4. The molecule has 0 bridgehead atoms. The predicted octanol–water partition coefficient (Wildman–Crippen LogP) is 2.27. The molecule has 0 radical (unpaired) electrons. The molecule has 1 heterocycles. The van der Waals surface area contributed by atoms with Gasteiger partial charge in [0.25, 0.3) is 0 Å². The number of anilines is 1. The Kier molecular flexibility index (Phi) is 4.33. The molecule has 4 nitrogen and oxygen atoms in total. The van der Waals surface area contributed by atoms with Gasteiger partial charge in [-0.15, -0.1) is 0 Å². The van der Waals surface area contributed by atoms with Crippen LogP contribution in [0.5, 0.6) is 0 Å². The second-order valence-corrected chi connectivity index (χ2v) is 6.21. The number of rotatable bonds is 5. The third kappa shape index (κ3) is 3.31. The highest BCUT2D eigenvalue weighted by Crippen LogP contribution is 2.29. The van der Waals surface area contributed by atoms with Gasteiger partial charge < -0.3 is 15.7 Å². The Balaban J connectivity index is 1.99. The molecular weight excluding hydrogens is 252 g/mol. The number of para-hydroxylation sites is 1. The van der Waals surface area contributed by atoms with E-state index in [-0.39, 0.29) is 0 Å². The zero-order chi connectivity index (χ0) is 14.8. The van der Waals surface area contributed by atoms with Crippen molar-refractivity contribution < 1.29 is 9.90 Å². The zero-order valence-corrected chi connectivity index (χ0v) is 12.3. The predicted molar refractivity (Wildman–Crippen MR) is 81.0 cm³/mol. The van der Waals surface area contributed by atoms with Crippen LogP contribution >= 0.6 is 0 Å². The molecule has 0 amide bonds. The minimum absolute atomic E-state index is 0.495. The molecule has 0 saturated heterocycles. The van der Waals surface area contributed by atoms with Crippen LogP contribution < -0.4 is 10.6 Å². The normalized spacial score (nSPS) is 21.1. The van der Waals surface area contributed by atoms with Gasteiger partial charge in [-0.1, -0.05) is 25.1 Å². The first-order valence-electron chi connectivity index (χ1n) is 7.25. The fourth-order valence-corrected chi connectivity index (χ4v) is 2.86. The SMILES string of the molecule is CC1Cc2ccccc2N(CCCC(C)(N)C(=O)O)C1. The van der Waals surface area contributed by atoms with Crippen molar-refractivity contribution in [1.82, 2.24) is 0 Å². The average Bonchev–Trinajstić information content (AvgIpc) is 2.38. The molecule has 1 aromatic carbocycles. The van der Waals surface area contributed by atoms with E-state index in [0.717, 1.165) is 25.9 Å². The Bertz CT molecular complexity index is 485. The Morgan fingerprint density at radius 2 is 2.20 bits per heavy atom. The number of hydrogen-bond acceptors (Lipinski definition) is 3. The van der Waals surface area contributed by atoms with E-state index in [2.05, 4.69) is 36.1 Å². The molecule has 0 aromatic heterocycles. The van der Waals surface area contributed by atoms with Crippen LogP contribution in [0.15, 0.2) is 24.3 Å². The number of benzene rings is 1. The Morgan fingerprint density at radius 3 is 2.90 bits per heavy atom. The molecule has 1 aromatic rings. The number of carboxylic acids is 1. The first-order chi connectivity index (χ1) is 9.40. The lowest BCUT2D eigenvalue weighted by molar-refractivity contribution is -0.142. The summed E-state index contributed by atoms with van der Waals surface area (Å²) in [6.45, 7) is 5.74. The summed E-state index contributed by atoms with van der Waals surface area (Å²) in [7, 11) is 0. The second kappa shape index (κ2) is 5.83. The number of hydrogen-bond donors (Lipinski definition) is 2. The van der Waals surface area contributed by atoms with Crippen molar-refractivity contribution in [2.45, 2.75) is 38.6 Å². The summed E-state index contributed by atoms with van der Waals surface area (Å²) >= 11 is 0. The maximum Gasteiger partial charge on any atom is 0.323 e. The monoisotopic (exact) mass is 276 g/mol. The molecule has 4 heteroatoms. The van der Waals surface area contributed by atoms with Crippen molar-refractivity contribution in [2.24, 2.45) is 11.7 Å². The van der Waals surface area contributed by atoms with Gasteiger partial charge in [-0.3, -0.25) is 4.79 Å². The maximum atomic E-state index is 11.0. The van der Waals surface area contributed by atoms with Crippen LogP contribution in [0.25, 0.3) is 0 Å². The van der Waals surface area contributed by atoms with Crippen molar-refractivity contribution in [2.75, 3.05) is 18.0 Å². The van der Waals surface area contributed by atoms with Gasteiger partial charge >= 0.3 is 5.97 Å². The van der Waals surface area contributed by atoms with E-state index < -0.39 is 11.5 Å². The smallest absolute Gasteiger partial charge is 0.323 e. The van der Waals surface area contributed by atoms with Crippen molar-refractivity contribution in [1.29, 1.82) is 0 Å². The molecule has 0 aliphatic carbocycles. The van der Waals surface area contributed by atoms with Crippen LogP contribution in [0.3, 0.4) is 0 Å². The number of aliphatic carboxylic acids is 1. The summed E-state index contributed by atoms with van der Waals surface area (Å²) in [5, 5.41) is 9.04. The molecular formula is C16H24N2O2. The first kappa shape index (κ1) is 14.9. The summed E-state index contributed by atoms with van der Waals surface area (Å²) in [4.78, 5) is 13.4. The third-order valence-electron chi connectivity index (χ3n) is 4.05. The van der Waals surface area contributed by atoms with Gasteiger partial charge in [0.05, 0.1) is 0 Å². The molecule has 0 spiro atoms. The zero-order valence-electron chi connectivity index (χ0n) is 12.3. The van der Waals surface area contributed by atoms with Gasteiger partial charge in [0.2, 0.25) is 0 Å². The average molecular weight is 276 g/mol. The maximum absolute atomic E-state index is 11.0. The van der Waals surface area contributed by atoms with Crippen LogP contribution in [0, 0.1) is 5.92 Å². The second-order valence-electron chi connectivity index (χ2n) is 6.21. The van der Waals surface area contributed by atoms with Gasteiger partial charge in [-0.25, -0.2) is 0 Å². The van der Waals surface area contributed by atoms with E-state index in [4.69, 9.17) is 10.8 Å². The number of carboxylic acid groups (broad SMARTS) is 1. The number of nitrogens with two attached hydrogens (primary N) is 1. The topological polar surface area (TPSA) is 66.6 Å². The minimum atomic E-state index is -1.12. The van der Waals surface area contributed by atoms with E-state index in [0.29, 0.717) is 12.3 Å². The summed E-state index contributed by atoms with van der Waals surface area (Å²) < 4.78 is 0. The van der Waals surface area contributed by atoms with Crippen LogP contribution in [0.4, 0.5) is 5.69 Å². The van der Waals surface area contributed by atoms with Crippen molar-refractivity contribution >= 4 is 11.7 Å². The fraction of sp³-hybridized carbons (Fsp3) is 0.562. The van der Waals surface area contributed by atoms with E-state index in [1.54, 1.807) is 6.92 Å². The lowest BCUT2D eigenvalue weighted by atomic mass is 9.93. The number of fused-ring (bicyclic) bond motifs is 1. The van der Waals surface area contributed by atoms with Crippen LogP contribution in [-0.2, 0) is 11.2 Å². The Morgan fingerprint density at radius 1 is 1.50 bits per heavy atom. The number of nitrogens with zero attached hydrogens (tertiary/aromatic N) is 1. The number of carbonyl (C=O) groups is 1. The van der Waals surface area contributed by atoms with Crippen LogP contribution in [-0.4, -0.2) is 29.7 Å². The quantitative estimate of drug-likeness (QED) is 0.865. The standard InChI is InChI=1S/C16H24N2O2/c1-12-10-13-6-3-4-7-14(13)18(11-12)9-5-8-16(2,17)15(19)20/h3-4,6-7,12H,5,8-11,17H2,1-2H3,(H,19,20). The summed E-state index contributed by atoms with van der Waals surface area (Å²) in [6.07, 6.45) is 2.41. The lowest BCUT2D eigenvalue weighted by Gasteiger charge is -2.35. The molecule has 110 valence electrons. The van der Waals surface area contributed by atoms with Gasteiger partial charge in [0, 0.05) is 18.8 Å². The Labute approximate surface area is 120 Å². The molecule has 20 heavy (non-hydrogen) atoms. The molecule has 1 aliphatic rings. The van der Waals surface area contributed by atoms with E-state index in [1.807, 2.05) is 0 Å².